The van der Waals surface area contributed by atoms with Gasteiger partial charge in [-0.25, -0.2) is 0 Å². The van der Waals surface area contributed by atoms with Crippen LogP contribution in [-0.4, -0.2) is 42.9 Å². The minimum atomic E-state index is -0.0866. The van der Waals surface area contributed by atoms with E-state index in [1.165, 1.54) is 0 Å². The first-order chi connectivity index (χ1) is 10.1. The maximum Gasteiger partial charge on any atom is 0.255 e. The van der Waals surface area contributed by atoms with Gasteiger partial charge in [0.05, 0.1) is 12.1 Å². The van der Waals surface area contributed by atoms with Gasteiger partial charge in [-0.05, 0) is 19.1 Å². The Bertz CT molecular complexity index is 614. The van der Waals surface area contributed by atoms with Gasteiger partial charge in [0.1, 0.15) is 0 Å². The summed E-state index contributed by atoms with van der Waals surface area (Å²) in [5.41, 5.74) is 7.65. The van der Waals surface area contributed by atoms with Crippen molar-refractivity contribution in [3.63, 3.8) is 0 Å². The Hall–Kier alpha value is -2.32. The summed E-state index contributed by atoms with van der Waals surface area (Å²) in [5.74, 6) is 5.62. The van der Waals surface area contributed by atoms with Crippen LogP contribution in [-0.2, 0) is 4.79 Å². The van der Waals surface area contributed by atoms with Crippen molar-refractivity contribution >= 4 is 11.8 Å². The zero-order chi connectivity index (χ0) is 15.2. The van der Waals surface area contributed by atoms with Gasteiger partial charge in [-0.3, -0.25) is 9.59 Å². The van der Waals surface area contributed by atoms with Crippen LogP contribution in [0.5, 0.6) is 0 Å². The van der Waals surface area contributed by atoms with E-state index in [4.69, 9.17) is 5.73 Å². The normalized spacial score (nSPS) is 14.8. The van der Waals surface area contributed by atoms with Crippen LogP contribution >= 0.6 is 0 Å². The second-order valence-corrected chi connectivity index (χ2v) is 4.95. The monoisotopic (exact) mass is 285 g/mol. The molecule has 2 amide bonds. The summed E-state index contributed by atoms with van der Waals surface area (Å²) < 4.78 is 0. The lowest BCUT2D eigenvalue weighted by Crippen LogP contribution is -2.34. The zero-order valence-electron chi connectivity index (χ0n) is 12.1. The number of hydrogen-bond acceptors (Lipinski definition) is 3. The van der Waals surface area contributed by atoms with Crippen LogP contribution in [0.25, 0.3) is 0 Å². The van der Waals surface area contributed by atoms with E-state index in [-0.39, 0.29) is 18.4 Å². The van der Waals surface area contributed by atoms with E-state index in [1.807, 2.05) is 25.1 Å². The molecule has 0 bridgehead atoms. The molecular formula is C16H19N3O2. The van der Waals surface area contributed by atoms with E-state index in [9.17, 15) is 9.59 Å². The van der Waals surface area contributed by atoms with Crippen LogP contribution in [0.15, 0.2) is 18.2 Å². The van der Waals surface area contributed by atoms with Gasteiger partial charge in [-0.1, -0.05) is 23.5 Å². The Labute approximate surface area is 124 Å². The number of nitrogens with two attached hydrogens (primary N) is 1. The van der Waals surface area contributed by atoms with Gasteiger partial charge in [-0.2, -0.15) is 0 Å². The number of nitrogens with zero attached hydrogens (tertiary/aromatic N) is 1. The highest BCUT2D eigenvalue weighted by atomic mass is 16.2. The van der Waals surface area contributed by atoms with E-state index < -0.39 is 0 Å². The summed E-state index contributed by atoms with van der Waals surface area (Å²) in [7, 11) is 0. The molecule has 110 valence electrons. The molecule has 1 aliphatic rings. The van der Waals surface area contributed by atoms with E-state index in [0.717, 1.165) is 5.56 Å². The van der Waals surface area contributed by atoms with Crippen LogP contribution in [0.3, 0.4) is 0 Å². The molecule has 0 aromatic heterocycles. The predicted octanol–water partition coefficient (Wildman–Crippen LogP) is 0.267. The maximum absolute atomic E-state index is 12.7. The van der Waals surface area contributed by atoms with Crippen molar-refractivity contribution in [2.75, 3.05) is 26.2 Å². The number of amides is 2. The summed E-state index contributed by atoms with van der Waals surface area (Å²) in [6.45, 7) is 3.62. The van der Waals surface area contributed by atoms with Gasteiger partial charge >= 0.3 is 0 Å². The minimum absolute atomic E-state index is 0.0160. The summed E-state index contributed by atoms with van der Waals surface area (Å²) >= 11 is 0. The van der Waals surface area contributed by atoms with Gasteiger partial charge in [0.2, 0.25) is 5.91 Å². The molecule has 0 saturated carbocycles. The van der Waals surface area contributed by atoms with Gasteiger partial charge in [0, 0.05) is 31.6 Å². The Morgan fingerprint density at radius 2 is 2.24 bits per heavy atom. The molecule has 0 unspecified atom stereocenters. The lowest BCUT2D eigenvalue weighted by molar-refractivity contribution is -0.120. The molecule has 5 nitrogen and oxygen atoms in total. The largest absolute Gasteiger partial charge is 0.354 e. The second-order valence-electron chi connectivity index (χ2n) is 4.95. The molecule has 0 atom stereocenters. The van der Waals surface area contributed by atoms with E-state index in [1.54, 1.807) is 4.90 Å². The Balaban J connectivity index is 2.29. The fourth-order valence-electron chi connectivity index (χ4n) is 2.23. The molecule has 0 spiro atoms. The number of nitrogens with one attached hydrogen (secondary N) is 1. The Morgan fingerprint density at radius 3 is 3.00 bits per heavy atom. The van der Waals surface area contributed by atoms with Crippen molar-refractivity contribution in [3.05, 3.63) is 34.9 Å². The van der Waals surface area contributed by atoms with Crippen LogP contribution in [0, 0.1) is 18.8 Å². The SMILES string of the molecule is Cc1ccc(C#CCN)c(C(=O)N2CCNC(=O)CC2)c1. The molecule has 1 aliphatic heterocycles. The summed E-state index contributed by atoms with van der Waals surface area (Å²) in [6.07, 6.45) is 0.335. The number of hydrogen-bond donors (Lipinski definition) is 2. The fraction of sp³-hybridized carbons (Fsp3) is 0.375. The molecule has 2 rings (SSSR count). The summed E-state index contributed by atoms with van der Waals surface area (Å²) in [6, 6.07) is 5.60. The molecule has 1 saturated heterocycles. The molecule has 1 fully saturated rings. The van der Waals surface area contributed by atoms with Crippen molar-refractivity contribution in [3.8, 4) is 11.8 Å². The van der Waals surface area contributed by atoms with Crippen LogP contribution in [0.2, 0.25) is 0 Å². The fourth-order valence-corrected chi connectivity index (χ4v) is 2.23. The molecule has 1 aromatic rings. The Morgan fingerprint density at radius 1 is 1.43 bits per heavy atom. The van der Waals surface area contributed by atoms with Crippen LogP contribution in [0.1, 0.15) is 27.9 Å². The first kappa shape index (κ1) is 15.1. The quantitative estimate of drug-likeness (QED) is 0.727. The second kappa shape index (κ2) is 6.91. The lowest BCUT2D eigenvalue weighted by atomic mass is 10.0. The zero-order valence-corrected chi connectivity index (χ0v) is 12.1. The summed E-state index contributed by atoms with van der Waals surface area (Å²) in [4.78, 5) is 25.7. The maximum atomic E-state index is 12.7. The lowest BCUT2D eigenvalue weighted by Gasteiger charge is -2.20. The van der Waals surface area contributed by atoms with E-state index in [2.05, 4.69) is 17.2 Å². The predicted molar refractivity (Wildman–Crippen MR) is 80.6 cm³/mol. The molecule has 1 heterocycles. The van der Waals surface area contributed by atoms with Crippen molar-refractivity contribution in [2.24, 2.45) is 5.73 Å². The number of aryl methyl sites for hydroxylation is 1. The van der Waals surface area contributed by atoms with Crippen molar-refractivity contribution in [1.29, 1.82) is 0 Å². The minimum Gasteiger partial charge on any atom is -0.354 e. The highest BCUT2D eigenvalue weighted by molar-refractivity contribution is 5.97. The topological polar surface area (TPSA) is 75.4 Å². The summed E-state index contributed by atoms with van der Waals surface area (Å²) in [5, 5.41) is 2.76. The van der Waals surface area contributed by atoms with Crippen molar-refractivity contribution < 1.29 is 9.59 Å². The number of carbonyl (C=O) groups excluding carboxylic acids is 2. The standard InChI is InChI=1S/C16H19N3O2/c1-12-4-5-13(3-2-7-17)14(11-12)16(21)19-9-6-15(20)18-8-10-19/h4-5,11H,6-10,17H2,1H3,(H,18,20). The molecular weight excluding hydrogens is 266 g/mol. The highest BCUT2D eigenvalue weighted by Gasteiger charge is 2.21. The number of carbonyl (C=O) groups is 2. The van der Waals surface area contributed by atoms with Gasteiger partial charge in [-0.15, -0.1) is 0 Å². The molecule has 3 N–H and O–H groups in total. The van der Waals surface area contributed by atoms with E-state index in [0.29, 0.717) is 37.2 Å². The molecule has 5 heteroatoms. The van der Waals surface area contributed by atoms with Gasteiger partial charge in [0.25, 0.3) is 5.91 Å². The van der Waals surface area contributed by atoms with Gasteiger partial charge in [0.15, 0.2) is 0 Å². The Kier molecular flexibility index (Phi) is 4.96. The molecule has 0 aliphatic carbocycles. The van der Waals surface area contributed by atoms with E-state index >= 15 is 0 Å². The van der Waals surface area contributed by atoms with Crippen molar-refractivity contribution in [1.82, 2.24) is 10.2 Å². The first-order valence-electron chi connectivity index (χ1n) is 6.97. The third kappa shape index (κ3) is 3.83. The van der Waals surface area contributed by atoms with Crippen molar-refractivity contribution in [2.45, 2.75) is 13.3 Å². The molecule has 1 aromatic carbocycles. The van der Waals surface area contributed by atoms with Gasteiger partial charge < -0.3 is 16.0 Å². The third-order valence-corrected chi connectivity index (χ3v) is 3.33. The van der Waals surface area contributed by atoms with Crippen LogP contribution in [0.4, 0.5) is 0 Å². The van der Waals surface area contributed by atoms with Crippen LogP contribution < -0.4 is 11.1 Å². The molecule has 21 heavy (non-hydrogen) atoms. The third-order valence-electron chi connectivity index (χ3n) is 3.33. The highest BCUT2D eigenvalue weighted by Crippen LogP contribution is 2.14. The average molecular weight is 285 g/mol. The number of rotatable bonds is 1. The number of benzene rings is 1. The average Bonchev–Trinajstić information content (AvgIpc) is 2.70. The smallest absolute Gasteiger partial charge is 0.255 e. The first-order valence-corrected chi connectivity index (χ1v) is 6.97. The molecule has 0 radical (unpaired) electrons.